The van der Waals surface area contributed by atoms with Crippen molar-refractivity contribution in [2.75, 3.05) is 31.2 Å². The molecule has 0 saturated heterocycles. The summed E-state index contributed by atoms with van der Waals surface area (Å²) >= 11 is 3.18. The smallest absolute Gasteiger partial charge is 0.437 e. The number of thiophene rings is 2. The number of fused-ring (bicyclic) bond motifs is 3. The molecule has 0 radical (unpaired) electrons. The second kappa shape index (κ2) is 21.6. The molecular formula is C61H63F3N4O3S2Si3. The van der Waals surface area contributed by atoms with E-state index in [0.29, 0.717) is 18.1 Å². The van der Waals surface area contributed by atoms with Crippen LogP contribution in [0.2, 0.25) is 36.3 Å². The van der Waals surface area contributed by atoms with Crippen LogP contribution in [-0.4, -0.2) is 57.2 Å². The normalized spacial score (nSPS) is 16.6. The molecule has 0 fully saturated rings. The van der Waals surface area contributed by atoms with Crippen LogP contribution in [0.1, 0.15) is 62.4 Å². The van der Waals surface area contributed by atoms with Crippen molar-refractivity contribution in [2.45, 2.75) is 89.6 Å². The number of hydrogen-bond acceptors (Lipinski definition) is 9. The Kier molecular flexibility index (Phi) is 15.9. The minimum absolute atomic E-state index is 0.112. The summed E-state index contributed by atoms with van der Waals surface area (Å²) in [5.74, 6) is -0.700. The third kappa shape index (κ3) is 10.4. The quantitative estimate of drug-likeness (QED) is 0.0701. The summed E-state index contributed by atoms with van der Waals surface area (Å²) in [7, 11) is -6.92. The second-order valence-corrected chi connectivity index (χ2v) is 37.7. The summed E-state index contributed by atoms with van der Waals surface area (Å²) in [6.07, 6.45) is 2.07. The number of nitrogens with zero attached hydrogens (tertiary/aromatic N) is 4. The Balaban J connectivity index is 1.18. The van der Waals surface area contributed by atoms with E-state index in [-0.39, 0.29) is 15.6 Å². The van der Waals surface area contributed by atoms with Gasteiger partial charge in [0, 0.05) is 49.4 Å². The van der Waals surface area contributed by atoms with Gasteiger partial charge in [0.05, 0.1) is 13.2 Å². The molecule has 2 aromatic heterocycles. The van der Waals surface area contributed by atoms with Crippen LogP contribution in [0.5, 0.6) is 0 Å². The summed E-state index contributed by atoms with van der Waals surface area (Å²) < 4.78 is 66.2. The second-order valence-electron chi connectivity index (χ2n) is 22.2. The van der Waals surface area contributed by atoms with Crippen molar-refractivity contribution in [3.8, 4) is 28.0 Å². The van der Waals surface area contributed by atoms with Crippen LogP contribution in [-0.2, 0) is 19.2 Å². The molecule has 8 rings (SSSR count). The fourth-order valence-electron chi connectivity index (χ4n) is 9.39. The first-order valence-electron chi connectivity index (χ1n) is 25.3. The molecule has 7 nitrogen and oxygen atoms in total. The number of alkyl halides is 3. The maximum atomic E-state index is 15.7. The number of nitriles is 3. The largest absolute Gasteiger partial charge is 0.465 e. The molecule has 2 aliphatic heterocycles. The topological polar surface area (TPSA) is 102 Å². The molecule has 0 saturated carbocycles. The van der Waals surface area contributed by atoms with Crippen LogP contribution in [0.3, 0.4) is 0 Å². The summed E-state index contributed by atoms with van der Waals surface area (Å²) in [6, 6.07) is 46.1. The van der Waals surface area contributed by atoms with Crippen LogP contribution in [0.15, 0.2) is 156 Å². The highest BCUT2D eigenvalue weighted by Crippen LogP contribution is 2.56. The Morgan fingerprint density at radius 1 is 0.645 bits per heavy atom. The van der Waals surface area contributed by atoms with Crippen molar-refractivity contribution in [1.82, 2.24) is 0 Å². The van der Waals surface area contributed by atoms with Crippen molar-refractivity contribution >= 4 is 92.0 Å². The first-order chi connectivity index (χ1) is 35.9. The van der Waals surface area contributed by atoms with Gasteiger partial charge in [-0.15, -0.1) is 22.7 Å². The van der Waals surface area contributed by atoms with Crippen LogP contribution in [0, 0.1) is 34.0 Å². The molecule has 0 spiro atoms. The molecule has 2 aliphatic rings. The number of halogens is 3. The summed E-state index contributed by atoms with van der Waals surface area (Å²) in [6.45, 7) is 25.5. The zero-order valence-corrected chi connectivity index (χ0v) is 49.4. The molecule has 6 aromatic rings. The van der Waals surface area contributed by atoms with Crippen LogP contribution >= 0.6 is 22.7 Å². The average molecular weight is 1110 g/mol. The van der Waals surface area contributed by atoms with E-state index in [4.69, 9.17) is 13.6 Å². The van der Waals surface area contributed by atoms with E-state index < -0.39 is 59.0 Å². The van der Waals surface area contributed by atoms with Crippen molar-refractivity contribution in [3.63, 3.8) is 0 Å². The minimum atomic E-state index is -5.11. The Hall–Kier alpha value is -6.33. The maximum absolute atomic E-state index is 15.7. The molecule has 0 aliphatic carbocycles. The number of benzene rings is 4. The van der Waals surface area contributed by atoms with Gasteiger partial charge >= 0.3 is 6.18 Å². The van der Waals surface area contributed by atoms with Crippen molar-refractivity contribution in [2.24, 2.45) is 0 Å². The molecule has 76 heavy (non-hydrogen) atoms. The van der Waals surface area contributed by atoms with E-state index in [1.54, 1.807) is 35.6 Å². The Bertz CT molecular complexity index is 3260. The fourth-order valence-corrected chi connectivity index (χ4v) is 20.1. The standard InChI is InChI=1S/C61H63F3N4O3S2Si3/c1-58(2,3)74(7,8)69-36-34-68(35-37-70-75(9,10)59(4,5)6)46-29-26-43(27-30-46)28-31-47-38-53-56(72-47)57-54(76(53,49-22-16-12-17-23-49)50-24-18-13-19-25-50)39-48(73-57)32-33-52-51(42-67)55(44(40-65)41-66)71-60(52,61(62,63)64)45-20-14-11-15-21-45/h11-33,38-39H,34-37H2,1-10H3. The Labute approximate surface area is 457 Å². The lowest BCUT2D eigenvalue weighted by Gasteiger charge is -2.38. The third-order valence-electron chi connectivity index (χ3n) is 15.6. The van der Waals surface area contributed by atoms with Crippen LogP contribution in [0.25, 0.3) is 28.0 Å². The lowest BCUT2D eigenvalue weighted by molar-refractivity contribution is -0.249. The van der Waals surface area contributed by atoms with Crippen LogP contribution < -0.4 is 25.6 Å². The summed E-state index contributed by atoms with van der Waals surface area (Å²) in [4.78, 5) is 6.26. The highest BCUT2D eigenvalue weighted by atomic mass is 32.1. The van der Waals surface area contributed by atoms with Gasteiger partial charge in [0.2, 0.25) is 0 Å². The monoisotopic (exact) mass is 1100 g/mol. The lowest BCUT2D eigenvalue weighted by Crippen LogP contribution is -2.72. The van der Waals surface area contributed by atoms with E-state index in [1.165, 1.54) is 57.2 Å². The third-order valence-corrected chi connectivity index (χ3v) is 32.2. The SMILES string of the molecule is CC(C)(C)[Si](C)(C)OCCN(CCO[Si](C)(C)C(C)(C)C)c1ccc(C=Cc2cc3c(s2)-c2sc(C=CC4=C(C#N)C(=C(C#N)C#N)OC4(c4ccccc4)C(F)(F)F)cc2[Si]3(c2ccccc2)c2ccccc2)cc1. The Morgan fingerprint density at radius 3 is 1.51 bits per heavy atom. The Morgan fingerprint density at radius 2 is 1.09 bits per heavy atom. The van der Waals surface area contributed by atoms with Gasteiger partial charge in [0.25, 0.3) is 5.60 Å². The van der Waals surface area contributed by atoms with Gasteiger partial charge in [-0.05, 0) is 99.0 Å². The van der Waals surface area contributed by atoms with Gasteiger partial charge in [-0.25, -0.2) is 0 Å². The molecule has 390 valence electrons. The van der Waals surface area contributed by atoms with Gasteiger partial charge in [-0.2, -0.15) is 29.0 Å². The molecule has 4 aromatic carbocycles. The number of allylic oxidation sites excluding steroid dienone is 2. The van der Waals surface area contributed by atoms with Crippen molar-refractivity contribution in [1.29, 1.82) is 15.8 Å². The van der Waals surface area contributed by atoms with Gasteiger partial charge in [0.15, 0.2) is 36.0 Å². The predicted octanol–water partition coefficient (Wildman–Crippen LogP) is 13.8. The molecule has 1 unspecified atom stereocenters. The van der Waals surface area contributed by atoms with E-state index in [1.807, 2.05) is 18.2 Å². The molecule has 0 bridgehead atoms. The zero-order valence-electron chi connectivity index (χ0n) is 44.7. The highest BCUT2D eigenvalue weighted by molar-refractivity contribution is 7.34. The summed E-state index contributed by atoms with van der Waals surface area (Å²) in [5, 5.41) is 35.0. The molecule has 4 heterocycles. The zero-order chi connectivity index (χ0) is 54.9. The van der Waals surface area contributed by atoms with E-state index in [0.717, 1.165) is 44.2 Å². The van der Waals surface area contributed by atoms with Gasteiger partial charge in [-0.1, -0.05) is 157 Å². The molecule has 0 N–H and O–H groups in total. The maximum Gasteiger partial charge on any atom is 0.437 e. The van der Waals surface area contributed by atoms with E-state index in [9.17, 15) is 15.8 Å². The molecule has 1 atom stereocenters. The average Bonchev–Trinajstić information content (AvgIpc) is 4.27. The number of anilines is 1. The molecular weight excluding hydrogens is 1040 g/mol. The van der Waals surface area contributed by atoms with Gasteiger partial charge < -0.3 is 18.5 Å². The lowest BCUT2D eigenvalue weighted by atomic mass is 9.84. The van der Waals surface area contributed by atoms with Gasteiger partial charge in [0.1, 0.15) is 23.8 Å². The first-order valence-corrected chi connectivity index (χ1v) is 34.8. The fraction of sp³-hybridized carbons (Fsp3) is 0.295. The molecule has 0 amide bonds. The predicted molar refractivity (Wildman–Crippen MR) is 314 cm³/mol. The number of hydrogen-bond donors (Lipinski definition) is 0. The highest BCUT2D eigenvalue weighted by Gasteiger charge is 2.65. The van der Waals surface area contributed by atoms with Gasteiger partial charge in [-0.3, -0.25) is 0 Å². The summed E-state index contributed by atoms with van der Waals surface area (Å²) in [5.41, 5.74) is -3.06. The van der Waals surface area contributed by atoms with E-state index >= 15 is 13.2 Å². The van der Waals surface area contributed by atoms with Crippen molar-refractivity contribution < 1.29 is 26.8 Å². The molecule has 15 heteroatoms. The van der Waals surface area contributed by atoms with Crippen molar-refractivity contribution in [3.05, 3.63) is 177 Å². The number of rotatable bonds is 16. The van der Waals surface area contributed by atoms with Crippen LogP contribution in [0.4, 0.5) is 18.9 Å². The number of ether oxygens (including phenoxy) is 1. The minimum Gasteiger partial charge on any atom is -0.465 e. The first kappa shape index (κ1) is 55.9. The van der Waals surface area contributed by atoms with E-state index in [2.05, 4.69) is 170 Å².